The van der Waals surface area contributed by atoms with E-state index in [-0.39, 0.29) is 21.4 Å². The van der Waals surface area contributed by atoms with E-state index >= 15 is 0 Å². The first kappa shape index (κ1) is 18.8. The number of halogens is 2. The first-order chi connectivity index (χ1) is 11.9. The number of aliphatic imine (C=N–C) groups is 1. The lowest BCUT2D eigenvalue weighted by Crippen LogP contribution is -2.09. The zero-order chi connectivity index (χ0) is 18.4. The highest BCUT2D eigenvalue weighted by Gasteiger charge is 2.11. The molecule has 0 aliphatic rings. The van der Waals surface area contributed by atoms with Crippen LogP contribution in [0.2, 0.25) is 10.0 Å². The third-order valence-electron chi connectivity index (χ3n) is 3.03. The number of rotatable bonds is 6. The van der Waals surface area contributed by atoms with Crippen molar-refractivity contribution in [3.05, 3.63) is 57.6 Å². The van der Waals surface area contributed by atoms with Crippen molar-refractivity contribution in [3.8, 4) is 5.75 Å². The molecule has 0 amide bonds. The van der Waals surface area contributed by atoms with Crippen LogP contribution in [0.5, 0.6) is 5.75 Å². The second kappa shape index (κ2) is 8.50. The Morgan fingerprint density at radius 3 is 2.56 bits per heavy atom. The van der Waals surface area contributed by atoms with E-state index in [2.05, 4.69) is 9.73 Å². The van der Waals surface area contributed by atoms with Crippen molar-refractivity contribution >= 4 is 47.0 Å². The van der Waals surface area contributed by atoms with Gasteiger partial charge < -0.3 is 14.6 Å². The Morgan fingerprint density at radius 1 is 1.16 bits per heavy atom. The number of carboxylic acid groups (broad SMARTS) is 1. The number of aliphatic carboxylic acids is 1. The number of carboxylic acids is 1. The van der Waals surface area contributed by atoms with Gasteiger partial charge in [-0.2, -0.15) is 0 Å². The molecular weight excluding hydrogens is 369 g/mol. The maximum absolute atomic E-state index is 11.6. The Hall–Kier alpha value is -2.57. The highest BCUT2D eigenvalue weighted by Crippen LogP contribution is 2.26. The SMILES string of the molecule is COC(=O)c1cc(N=Cc2ccc(OCC(=O)O)c(Cl)c2)ccc1Cl. The summed E-state index contributed by atoms with van der Waals surface area (Å²) in [6.45, 7) is -0.478. The van der Waals surface area contributed by atoms with E-state index in [0.29, 0.717) is 11.3 Å². The van der Waals surface area contributed by atoms with Gasteiger partial charge >= 0.3 is 11.9 Å². The van der Waals surface area contributed by atoms with E-state index in [4.69, 9.17) is 33.0 Å². The van der Waals surface area contributed by atoms with Gasteiger partial charge in [-0.25, -0.2) is 9.59 Å². The third-order valence-corrected chi connectivity index (χ3v) is 3.65. The monoisotopic (exact) mass is 381 g/mol. The molecule has 0 aromatic heterocycles. The average Bonchev–Trinajstić information content (AvgIpc) is 2.59. The van der Waals surface area contributed by atoms with Gasteiger partial charge in [-0.15, -0.1) is 0 Å². The standard InChI is InChI=1S/C17H13Cl2NO5/c1-24-17(23)12-7-11(3-4-13(12)18)20-8-10-2-5-15(14(19)6-10)25-9-16(21)22/h2-8H,9H2,1H3,(H,21,22). The maximum atomic E-state index is 11.6. The summed E-state index contributed by atoms with van der Waals surface area (Å²) in [4.78, 5) is 26.4. The van der Waals surface area contributed by atoms with Crippen LogP contribution in [-0.2, 0) is 9.53 Å². The summed E-state index contributed by atoms with van der Waals surface area (Å²) in [6.07, 6.45) is 1.54. The molecule has 0 fully saturated rings. The van der Waals surface area contributed by atoms with Crippen molar-refractivity contribution in [1.29, 1.82) is 0 Å². The molecule has 0 saturated carbocycles. The van der Waals surface area contributed by atoms with Crippen LogP contribution in [0.3, 0.4) is 0 Å². The van der Waals surface area contributed by atoms with Gasteiger partial charge in [0.2, 0.25) is 0 Å². The summed E-state index contributed by atoms with van der Waals surface area (Å²) < 4.78 is 9.70. The van der Waals surface area contributed by atoms with Crippen LogP contribution in [0, 0.1) is 0 Å². The Bertz CT molecular complexity index is 836. The number of esters is 1. The largest absolute Gasteiger partial charge is 0.480 e. The number of carbonyl (C=O) groups excluding carboxylic acids is 1. The highest BCUT2D eigenvalue weighted by molar-refractivity contribution is 6.33. The molecule has 130 valence electrons. The van der Waals surface area contributed by atoms with Crippen molar-refractivity contribution in [2.24, 2.45) is 4.99 Å². The van der Waals surface area contributed by atoms with Gasteiger partial charge in [0.15, 0.2) is 6.61 Å². The summed E-state index contributed by atoms with van der Waals surface area (Å²) in [5.41, 5.74) is 1.39. The molecule has 0 unspecified atom stereocenters. The number of benzene rings is 2. The van der Waals surface area contributed by atoms with Crippen molar-refractivity contribution in [2.75, 3.05) is 13.7 Å². The molecule has 0 heterocycles. The summed E-state index contributed by atoms with van der Waals surface area (Å²) in [6, 6.07) is 9.52. The van der Waals surface area contributed by atoms with Gasteiger partial charge in [-0.05, 0) is 42.0 Å². The maximum Gasteiger partial charge on any atom is 0.341 e. The van der Waals surface area contributed by atoms with E-state index in [1.807, 2.05) is 0 Å². The minimum absolute atomic E-state index is 0.217. The Morgan fingerprint density at radius 2 is 1.92 bits per heavy atom. The number of nitrogens with zero attached hydrogens (tertiary/aromatic N) is 1. The minimum Gasteiger partial charge on any atom is -0.480 e. The fourth-order valence-electron chi connectivity index (χ4n) is 1.86. The molecule has 0 radical (unpaired) electrons. The second-order valence-corrected chi connectivity index (χ2v) is 5.60. The molecule has 0 atom stereocenters. The molecule has 0 spiro atoms. The molecule has 0 saturated heterocycles. The summed E-state index contributed by atoms with van der Waals surface area (Å²) in [5, 5.41) is 9.13. The number of hydrogen-bond donors (Lipinski definition) is 1. The molecule has 2 rings (SSSR count). The van der Waals surface area contributed by atoms with E-state index in [1.165, 1.54) is 19.4 Å². The minimum atomic E-state index is -1.09. The van der Waals surface area contributed by atoms with Crippen LogP contribution in [0.25, 0.3) is 0 Å². The van der Waals surface area contributed by atoms with E-state index < -0.39 is 18.5 Å². The molecule has 0 bridgehead atoms. The van der Waals surface area contributed by atoms with Crippen LogP contribution in [0.4, 0.5) is 5.69 Å². The normalized spacial score (nSPS) is 10.7. The highest BCUT2D eigenvalue weighted by atomic mass is 35.5. The second-order valence-electron chi connectivity index (χ2n) is 4.79. The number of ether oxygens (including phenoxy) is 2. The molecule has 0 aliphatic carbocycles. The molecule has 0 aliphatic heterocycles. The summed E-state index contributed by atoms with van der Waals surface area (Å²) in [5.74, 6) is -1.38. The van der Waals surface area contributed by atoms with Crippen LogP contribution >= 0.6 is 23.2 Å². The fraction of sp³-hybridized carbons (Fsp3) is 0.118. The van der Waals surface area contributed by atoms with Crippen LogP contribution in [0.1, 0.15) is 15.9 Å². The van der Waals surface area contributed by atoms with Crippen molar-refractivity contribution < 1.29 is 24.2 Å². The van der Waals surface area contributed by atoms with Gasteiger partial charge in [-0.3, -0.25) is 4.99 Å². The average molecular weight is 382 g/mol. The van der Waals surface area contributed by atoms with Crippen LogP contribution < -0.4 is 4.74 Å². The fourth-order valence-corrected chi connectivity index (χ4v) is 2.30. The number of hydrogen-bond acceptors (Lipinski definition) is 5. The summed E-state index contributed by atoms with van der Waals surface area (Å²) >= 11 is 12.0. The molecule has 25 heavy (non-hydrogen) atoms. The first-order valence-electron chi connectivity index (χ1n) is 6.97. The predicted molar refractivity (Wildman–Crippen MR) is 94.6 cm³/mol. The van der Waals surface area contributed by atoms with Crippen LogP contribution in [0.15, 0.2) is 41.4 Å². The zero-order valence-corrected chi connectivity index (χ0v) is 14.5. The topological polar surface area (TPSA) is 85.2 Å². The lowest BCUT2D eigenvalue weighted by Gasteiger charge is -2.06. The predicted octanol–water partition coefficient (Wildman–Crippen LogP) is 3.99. The molecule has 8 heteroatoms. The Kier molecular flexibility index (Phi) is 6.38. The molecule has 6 nitrogen and oxygen atoms in total. The van der Waals surface area contributed by atoms with Crippen LogP contribution in [-0.4, -0.2) is 37.0 Å². The lowest BCUT2D eigenvalue weighted by atomic mass is 10.2. The van der Waals surface area contributed by atoms with Gasteiger partial charge in [-0.1, -0.05) is 23.2 Å². The number of carbonyl (C=O) groups is 2. The van der Waals surface area contributed by atoms with Crippen molar-refractivity contribution in [3.63, 3.8) is 0 Å². The Labute approximate surface area is 153 Å². The van der Waals surface area contributed by atoms with E-state index in [0.717, 1.165) is 0 Å². The van der Waals surface area contributed by atoms with E-state index in [1.54, 1.807) is 30.3 Å². The third kappa shape index (κ3) is 5.20. The zero-order valence-electron chi connectivity index (χ0n) is 13.0. The van der Waals surface area contributed by atoms with Gasteiger partial charge in [0, 0.05) is 6.21 Å². The molecule has 1 N–H and O–H groups in total. The summed E-state index contributed by atoms with van der Waals surface area (Å²) in [7, 11) is 1.27. The van der Waals surface area contributed by atoms with Crippen molar-refractivity contribution in [2.45, 2.75) is 0 Å². The smallest absolute Gasteiger partial charge is 0.341 e. The first-order valence-corrected chi connectivity index (χ1v) is 7.72. The number of methoxy groups -OCH3 is 1. The quantitative estimate of drug-likeness (QED) is 0.603. The molecule has 2 aromatic carbocycles. The van der Waals surface area contributed by atoms with Gasteiger partial charge in [0.25, 0.3) is 0 Å². The van der Waals surface area contributed by atoms with Gasteiger partial charge in [0.05, 0.1) is 28.4 Å². The van der Waals surface area contributed by atoms with E-state index in [9.17, 15) is 9.59 Å². The molecule has 2 aromatic rings. The lowest BCUT2D eigenvalue weighted by molar-refractivity contribution is -0.139. The van der Waals surface area contributed by atoms with Crippen molar-refractivity contribution in [1.82, 2.24) is 0 Å². The van der Waals surface area contributed by atoms with Gasteiger partial charge in [0.1, 0.15) is 5.75 Å². The Balaban J connectivity index is 2.18. The molecular formula is C17H13Cl2NO5.